The van der Waals surface area contributed by atoms with Crippen LogP contribution in [0.5, 0.6) is 17.2 Å². The Kier molecular flexibility index (Phi) is 12.1. The van der Waals surface area contributed by atoms with Crippen molar-refractivity contribution in [3.8, 4) is 17.2 Å². The van der Waals surface area contributed by atoms with Crippen molar-refractivity contribution in [2.45, 2.75) is 25.1 Å². The fourth-order valence-corrected chi connectivity index (χ4v) is 5.77. The minimum absolute atomic E-state index is 0.107. The van der Waals surface area contributed by atoms with Gasteiger partial charge in [0.1, 0.15) is 35.0 Å². The van der Waals surface area contributed by atoms with Gasteiger partial charge >= 0.3 is 29.6 Å². The van der Waals surface area contributed by atoms with Crippen molar-refractivity contribution in [2.75, 3.05) is 20.7 Å². The molecule has 2 heterocycles. The zero-order valence-corrected chi connectivity index (χ0v) is 29.5. The summed E-state index contributed by atoms with van der Waals surface area (Å²) in [5.74, 6) is -4.29. The number of carboxylic acids is 1. The molecule has 2 aromatic heterocycles. The minimum atomic E-state index is -4.88. The Balaban J connectivity index is 0.000000214. The van der Waals surface area contributed by atoms with Crippen LogP contribution in [-0.2, 0) is 20.7 Å². The van der Waals surface area contributed by atoms with Gasteiger partial charge in [0.2, 0.25) is 0 Å². The van der Waals surface area contributed by atoms with Gasteiger partial charge in [-0.05, 0) is 59.7 Å². The summed E-state index contributed by atoms with van der Waals surface area (Å²) >= 11 is 0. The maximum Gasteiger partial charge on any atom is 0.573 e. The van der Waals surface area contributed by atoms with Gasteiger partial charge in [-0.15, -0.1) is 13.2 Å². The zero-order valence-electron chi connectivity index (χ0n) is 29.5. The van der Waals surface area contributed by atoms with E-state index in [1.807, 2.05) is 0 Å². The quantitative estimate of drug-likeness (QED) is 0.103. The molecule has 6 rings (SSSR count). The Hall–Kier alpha value is -7.10. The van der Waals surface area contributed by atoms with Crippen molar-refractivity contribution in [1.29, 1.82) is 0 Å². The van der Waals surface area contributed by atoms with E-state index in [0.29, 0.717) is 16.5 Å². The molecule has 0 saturated heterocycles. The average molecular weight is 776 g/mol. The first-order valence-corrected chi connectivity index (χ1v) is 16.5. The number of esters is 1. The molecule has 1 unspecified atom stereocenters. The number of rotatable bonds is 10. The average Bonchev–Trinajstić information content (AvgIpc) is 3.16. The molecule has 0 aliphatic rings. The molecule has 1 amide bonds. The lowest BCUT2D eigenvalue weighted by Gasteiger charge is -2.17. The van der Waals surface area contributed by atoms with E-state index >= 15 is 0 Å². The van der Waals surface area contributed by atoms with Gasteiger partial charge in [-0.3, -0.25) is 14.4 Å². The molecule has 0 fully saturated rings. The highest BCUT2D eigenvalue weighted by atomic mass is 19.4. The van der Waals surface area contributed by atoms with Crippen LogP contribution >= 0.6 is 0 Å². The highest BCUT2D eigenvalue weighted by molar-refractivity contribution is 5.95. The fraction of sp³-hybridized carbons (Fsp3) is 0.175. The number of likely N-dealkylation sites (N-methyl/N-ethyl adjacent to an activating group) is 1. The first-order chi connectivity index (χ1) is 26.6. The number of amides is 1. The number of benzene rings is 4. The smallest absolute Gasteiger partial charge is 0.507 e. The number of hydrogen-bond donors (Lipinski definition) is 3. The highest BCUT2D eigenvalue weighted by Gasteiger charge is 2.32. The van der Waals surface area contributed by atoms with Crippen LogP contribution in [0.3, 0.4) is 0 Å². The Morgan fingerprint density at radius 3 is 1.89 bits per heavy atom. The largest absolute Gasteiger partial charge is 0.573 e. The van der Waals surface area contributed by atoms with Crippen molar-refractivity contribution in [2.24, 2.45) is 0 Å². The summed E-state index contributed by atoms with van der Waals surface area (Å²) < 4.78 is 55.7. The third kappa shape index (κ3) is 9.52. The van der Waals surface area contributed by atoms with Crippen molar-refractivity contribution in [3.63, 3.8) is 0 Å². The minimum Gasteiger partial charge on any atom is -0.507 e. The van der Waals surface area contributed by atoms with E-state index in [2.05, 4.69) is 9.47 Å². The van der Waals surface area contributed by atoms with Gasteiger partial charge in [0.25, 0.3) is 5.91 Å². The monoisotopic (exact) mass is 775 g/mol. The second kappa shape index (κ2) is 16.9. The lowest BCUT2D eigenvalue weighted by atomic mass is 9.88. The number of carbonyl (C=O) groups is 3. The first-order valence-electron chi connectivity index (χ1n) is 16.5. The number of methoxy groups -OCH3 is 1. The standard InChI is InChI=1S/C21H19NO6.C19H13F3O6/c1-22(12-18(23)27-2)20(25)14-9-7-13(8-10-14)11-16-19(24)15-5-3-4-6-17(15)28-21(16)26;20-19(21,22)28-11-7-5-10(6-8-11)13(9-15(23)24)16-17(25)12-3-1-2-4-14(12)27-18(16)26/h3-10,24H,11-12H2,1-2H3;1-8,13,25H,9H2,(H,23,24). The van der Waals surface area contributed by atoms with Crippen molar-refractivity contribution < 1.29 is 61.2 Å². The fourth-order valence-electron chi connectivity index (χ4n) is 5.77. The molecule has 0 radical (unpaired) electrons. The number of alkyl halides is 3. The third-order valence-corrected chi connectivity index (χ3v) is 8.46. The number of aliphatic carboxylic acids is 1. The number of para-hydroxylation sites is 2. The van der Waals surface area contributed by atoms with Gasteiger partial charge in [-0.2, -0.15) is 0 Å². The zero-order chi connectivity index (χ0) is 40.7. The summed E-state index contributed by atoms with van der Waals surface area (Å²) in [4.78, 5) is 60.8. The lowest BCUT2D eigenvalue weighted by molar-refractivity contribution is -0.274. The first kappa shape index (κ1) is 40.1. The molecule has 13 nitrogen and oxygen atoms in total. The molecule has 0 bridgehead atoms. The summed E-state index contributed by atoms with van der Waals surface area (Å²) in [5, 5.41) is 30.9. The number of halogens is 3. The molecule has 56 heavy (non-hydrogen) atoms. The molecule has 0 aliphatic heterocycles. The van der Waals surface area contributed by atoms with Gasteiger partial charge < -0.3 is 38.5 Å². The molecular weight excluding hydrogens is 743 g/mol. The van der Waals surface area contributed by atoms with Crippen LogP contribution in [0.2, 0.25) is 0 Å². The van der Waals surface area contributed by atoms with Crippen molar-refractivity contribution >= 4 is 39.8 Å². The molecule has 0 aliphatic carbocycles. The van der Waals surface area contributed by atoms with Gasteiger partial charge in [0.05, 0.1) is 35.4 Å². The van der Waals surface area contributed by atoms with Crippen LogP contribution in [0, 0.1) is 0 Å². The summed E-state index contributed by atoms with van der Waals surface area (Å²) in [5.41, 5.74) is 0.100. The number of carbonyl (C=O) groups excluding carboxylic acids is 2. The molecule has 0 saturated carbocycles. The van der Waals surface area contributed by atoms with Gasteiger partial charge in [-0.25, -0.2) is 9.59 Å². The summed E-state index contributed by atoms with van der Waals surface area (Å²) in [7, 11) is 2.76. The number of aromatic hydroxyl groups is 2. The number of hydrogen-bond acceptors (Lipinski definition) is 11. The van der Waals surface area contributed by atoms with E-state index in [-0.39, 0.29) is 52.3 Å². The maximum atomic E-state index is 12.4. The number of ether oxygens (including phenoxy) is 2. The molecule has 4 aromatic carbocycles. The van der Waals surface area contributed by atoms with Crippen LogP contribution in [0.15, 0.2) is 115 Å². The van der Waals surface area contributed by atoms with Crippen LogP contribution in [0.4, 0.5) is 13.2 Å². The van der Waals surface area contributed by atoms with E-state index < -0.39 is 53.4 Å². The highest BCUT2D eigenvalue weighted by Crippen LogP contribution is 2.37. The second-order valence-electron chi connectivity index (χ2n) is 12.2. The molecule has 0 spiro atoms. The summed E-state index contributed by atoms with van der Waals surface area (Å²) in [6, 6.07) is 23.9. The van der Waals surface area contributed by atoms with Crippen LogP contribution in [0.25, 0.3) is 21.9 Å². The third-order valence-electron chi connectivity index (χ3n) is 8.46. The SMILES string of the molecule is COC(=O)CN(C)C(=O)c1ccc(Cc2c(O)c3ccccc3oc2=O)cc1.O=C(O)CC(c1ccc(OC(F)(F)F)cc1)c1c(O)c2ccccc2oc1=O. The van der Waals surface area contributed by atoms with E-state index in [9.17, 15) is 52.5 Å². The maximum absolute atomic E-state index is 12.4. The molecule has 290 valence electrons. The Morgan fingerprint density at radius 1 is 0.786 bits per heavy atom. The van der Waals surface area contributed by atoms with E-state index in [1.54, 1.807) is 60.7 Å². The Morgan fingerprint density at radius 2 is 1.34 bits per heavy atom. The normalized spacial score (nSPS) is 11.7. The topological polar surface area (TPSA) is 194 Å². The van der Waals surface area contributed by atoms with Crippen molar-refractivity contribution in [3.05, 3.63) is 146 Å². The van der Waals surface area contributed by atoms with Crippen LogP contribution in [0.1, 0.15) is 45.0 Å². The van der Waals surface area contributed by atoms with E-state index in [4.69, 9.17) is 8.83 Å². The predicted molar refractivity (Wildman–Crippen MR) is 194 cm³/mol. The van der Waals surface area contributed by atoms with Gasteiger partial charge in [-0.1, -0.05) is 48.5 Å². The van der Waals surface area contributed by atoms with E-state index in [1.165, 1.54) is 43.3 Å². The van der Waals surface area contributed by atoms with Crippen LogP contribution in [-0.4, -0.2) is 65.1 Å². The molecule has 1 atom stereocenters. The summed E-state index contributed by atoms with van der Waals surface area (Å²) in [6.45, 7) is -0.150. The van der Waals surface area contributed by atoms with Gasteiger partial charge in [0.15, 0.2) is 0 Å². The van der Waals surface area contributed by atoms with E-state index in [0.717, 1.165) is 17.7 Å². The molecule has 3 N–H and O–H groups in total. The van der Waals surface area contributed by atoms with Gasteiger partial charge in [0, 0.05) is 24.9 Å². The predicted octanol–water partition coefficient (Wildman–Crippen LogP) is 6.34. The molecule has 6 aromatic rings. The Bertz CT molecular complexity index is 2510. The number of fused-ring (bicyclic) bond motifs is 2. The molecule has 16 heteroatoms. The molecular formula is C40H32F3NO12. The second-order valence-corrected chi connectivity index (χ2v) is 12.2. The number of carboxylic acid groups (broad SMARTS) is 1. The lowest BCUT2D eigenvalue weighted by Crippen LogP contribution is -2.32. The Labute approximate surface area is 314 Å². The van der Waals surface area contributed by atoms with Crippen LogP contribution < -0.4 is 16.0 Å². The van der Waals surface area contributed by atoms with Crippen molar-refractivity contribution in [1.82, 2.24) is 4.90 Å². The summed E-state index contributed by atoms with van der Waals surface area (Å²) in [6.07, 6.45) is -5.30. The number of nitrogens with zero attached hydrogens (tertiary/aromatic N) is 1.